The molecule has 0 bridgehead atoms. The second-order valence-corrected chi connectivity index (χ2v) is 4.25. The highest BCUT2D eigenvalue weighted by atomic mass is 14.9. The molecule has 1 unspecified atom stereocenters. The molecule has 0 spiro atoms. The van der Waals surface area contributed by atoms with Gasteiger partial charge in [0.15, 0.2) is 0 Å². The molecule has 1 fully saturated rings. The molecule has 0 saturated heterocycles. The van der Waals surface area contributed by atoms with Gasteiger partial charge in [0.25, 0.3) is 0 Å². The van der Waals surface area contributed by atoms with Crippen molar-refractivity contribution in [2.45, 2.75) is 64.0 Å². The molecule has 13 heavy (non-hydrogen) atoms. The number of hydrogen-bond acceptors (Lipinski definition) is 2. The molecule has 0 aromatic carbocycles. The molecule has 78 valence electrons. The van der Waals surface area contributed by atoms with Crippen molar-refractivity contribution in [2.75, 3.05) is 6.54 Å². The molecule has 0 heterocycles. The van der Waals surface area contributed by atoms with Crippen LogP contribution in [0.3, 0.4) is 0 Å². The van der Waals surface area contributed by atoms with Crippen LogP contribution in [0, 0.1) is 0 Å². The lowest BCUT2D eigenvalue weighted by Gasteiger charge is -2.23. The Morgan fingerprint density at radius 3 is 2.62 bits per heavy atom. The van der Waals surface area contributed by atoms with Crippen LogP contribution in [0.1, 0.15) is 51.9 Å². The first-order valence-corrected chi connectivity index (χ1v) is 5.82. The topological polar surface area (TPSA) is 38.0 Å². The van der Waals surface area contributed by atoms with Gasteiger partial charge in [-0.1, -0.05) is 26.2 Å². The van der Waals surface area contributed by atoms with Crippen LogP contribution in [0.5, 0.6) is 0 Å². The van der Waals surface area contributed by atoms with Gasteiger partial charge in [-0.05, 0) is 32.2 Å². The Balaban J connectivity index is 1.98. The normalized spacial score (nSPS) is 21.7. The number of hydrogen-bond donors (Lipinski definition) is 2. The largest absolute Gasteiger partial charge is 0.328 e. The Labute approximate surface area is 82.3 Å². The number of rotatable bonds is 5. The Kier molecular flexibility index (Phi) is 5.40. The summed E-state index contributed by atoms with van der Waals surface area (Å²) in [5.74, 6) is 0. The Morgan fingerprint density at radius 2 is 2.00 bits per heavy atom. The van der Waals surface area contributed by atoms with E-state index in [4.69, 9.17) is 5.73 Å². The maximum absolute atomic E-state index is 5.85. The predicted octanol–water partition coefficient (Wildman–Crippen LogP) is 2.04. The minimum Gasteiger partial charge on any atom is -0.328 e. The summed E-state index contributed by atoms with van der Waals surface area (Å²) >= 11 is 0. The van der Waals surface area contributed by atoms with Crippen molar-refractivity contribution in [3.63, 3.8) is 0 Å². The Bertz CT molecular complexity index is 119. The van der Waals surface area contributed by atoms with Crippen LogP contribution >= 0.6 is 0 Å². The fourth-order valence-corrected chi connectivity index (χ4v) is 1.98. The van der Waals surface area contributed by atoms with Gasteiger partial charge in [-0.15, -0.1) is 0 Å². The zero-order chi connectivity index (χ0) is 9.52. The third-order valence-corrected chi connectivity index (χ3v) is 3.08. The van der Waals surface area contributed by atoms with Gasteiger partial charge in [-0.25, -0.2) is 0 Å². The maximum atomic E-state index is 5.85. The Hall–Kier alpha value is -0.0800. The lowest BCUT2D eigenvalue weighted by molar-refractivity contribution is 0.366. The third-order valence-electron chi connectivity index (χ3n) is 3.08. The summed E-state index contributed by atoms with van der Waals surface area (Å²) in [6, 6.07) is 1.19. The van der Waals surface area contributed by atoms with E-state index in [-0.39, 0.29) is 0 Å². The molecule has 1 rings (SSSR count). The van der Waals surface area contributed by atoms with Crippen LogP contribution in [-0.2, 0) is 0 Å². The smallest absolute Gasteiger partial charge is 0.00670 e. The summed E-state index contributed by atoms with van der Waals surface area (Å²) in [5.41, 5.74) is 5.85. The van der Waals surface area contributed by atoms with E-state index in [1.807, 2.05) is 0 Å². The molecule has 1 aliphatic carbocycles. The minimum absolute atomic E-state index is 0.399. The second-order valence-electron chi connectivity index (χ2n) is 4.25. The summed E-state index contributed by atoms with van der Waals surface area (Å²) in [5, 5.41) is 3.61. The molecular formula is C11H24N2. The van der Waals surface area contributed by atoms with Crippen molar-refractivity contribution in [3.05, 3.63) is 0 Å². The first-order valence-electron chi connectivity index (χ1n) is 5.82. The summed E-state index contributed by atoms with van der Waals surface area (Å²) in [6.45, 7) is 3.27. The highest BCUT2D eigenvalue weighted by Gasteiger charge is 2.12. The fourth-order valence-electron chi connectivity index (χ4n) is 1.98. The van der Waals surface area contributed by atoms with E-state index in [0.717, 1.165) is 25.4 Å². The van der Waals surface area contributed by atoms with Gasteiger partial charge in [0, 0.05) is 12.1 Å². The highest BCUT2D eigenvalue weighted by molar-refractivity contribution is 4.72. The van der Waals surface area contributed by atoms with Gasteiger partial charge in [-0.3, -0.25) is 0 Å². The first-order chi connectivity index (χ1) is 6.33. The van der Waals surface area contributed by atoms with E-state index < -0.39 is 0 Å². The Morgan fingerprint density at radius 1 is 1.31 bits per heavy atom. The van der Waals surface area contributed by atoms with Crippen molar-refractivity contribution < 1.29 is 0 Å². The SMILES string of the molecule is CCC(N)CCNC1CCCCC1. The monoisotopic (exact) mass is 184 g/mol. The first kappa shape index (κ1) is 11.0. The summed E-state index contributed by atoms with van der Waals surface area (Å²) in [7, 11) is 0. The van der Waals surface area contributed by atoms with Gasteiger partial charge in [-0.2, -0.15) is 0 Å². The lowest BCUT2D eigenvalue weighted by atomic mass is 9.95. The highest BCUT2D eigenvalue weighted by Crippen LogP contribution is 2.17. The molecular weight excluding hydrogens is 160 g/mol. The summed E-state index contributed by atoms with van der Waals surface area (Å²) in [6.07, 6.45) is 9.25. The van der Waals surface area contributed by atoms with Crippen LogP contribution in [-0.4, -0.2) is 18.6 Å². The van der Waals surface area contributed by atoms with Gasteiger partial charge >= 0.3 is 0 Å². The van der Waals surface area contributed by atoms with Crippen molar-refractivity contribution in [1.82, 2.24) is 5.32 Å². The van der Waals surface area contributed by atoms with E-state index >= 15 is 0 Å². The fraction of sp³-hybridized carbons (Fsp3) is 1.00. The molecule has 1 aliphatic rings. The van der Waals surface area contributed by atoms with Crippen LogP contribution in [0.25, 0.3) is 0 Å². The predicted molar refractivity (Wildman–Crippen MR) is 57.8 cm³/mol. The molecule has 3 N–H and O–H groups in total. The van der Waals surface area contributed by atoms with Gasteiger partial charge in [0.2, 0.25) is 0 Å². The molecule has 1 saturated carbocycles. The third kappa shape index (κ3) is 4.63. The standard InChI is InChI=1S/C11H24N2/c1-2-10(12)8-9-13-11-6-4-3-5-7-11/h10-11,13H,2-9,12H2,1H3. The maximum Gasteiger partial charge on any atom is 0.00670 e. The van der Waals surface area contributed by atoms with Crippen molar-refractivity contribution in [1.29, 1.82) is 0 Å². The molecule has 0 aromatic rings. The van der Waals surface area contributed by atoms with Crippen LogP contribution < -0.4 is 11.1 Å². The van der Waals surface area contributed by atoms with E-state index in [1.165, 1.54) is 32.1 Å². The van der Waals surface area contributed by atoms with E-state index in [9.17, 15) is 0 Å². The van der Waals surface area contributed by atoms with Gasteiger partial charge < -0.3 is 11.1 Å². The number of nitrogens with two attached hydrogens (primary N) is 1. The molecule has 1 atom stereocenters. The zero-order valence-electron chi connectivity index (χ0n) is 8.89. The molecule has 2 heteroatoms. The summed E-state index contributed by atoms with van der Waals surface area (Å²) in [4.78, 5) is 0. The van der Waals surface area contributed by atoms with E-state index in [0.29, 0.717) is 6.04 Å². The minimum atomic E-state index is 0.399. The molecule has 0 amide bonds. The van der Waals surface area contributed by atoms with Gasteiger partial charge in [0.05, 0.1) is 0 Å². The zero-order valence-corrected chi connectivity index (χ0v) is 8.89. The van der Waals surface area contributed by atoms with Gasteiger partial charge in [0.1, 0.15) is 0 Å². The van der Waals surface area contributed by atoms with Crippen molar-refractivity contribution in [3.8, 4) is 0 Å². The van der Waals surface area contributed by atoms with Crippen LogP contribution in [0.4, 0.5) is 0 Å². The molecule has 0 aliphatic heterocycles. The van der Waals surface area contributed by atoms with Crippen molar-refractivity contribution in [2.24, 2.45) is 5.73 Å². The quantitative estimate of drug-likeness (QED) is 0.686. The molecule has 0 aromatic heterocycles. The van der Waals surface area contributed by atoms with E-state index in [2.05, 4.69) is 12.2 Å². The average Bonchev–Trinajstić information content (AvgIpc) is 2.19. The van der Waals surface area contributed by atoms with Crippen molar-refractivity contribution >= 4 is 0 Å². The number of nitrogens with one attached hydrogen (secondary N) is 1. The van der Waals surface area contributed by atoms with E-state index in [1.54, 1.807) is 0 Å². The van der Waals surface area contributed by atoms with Crippen LogP contribution in [0.2, 0.25) is 0 Å². The summed E-state index contributed by atoms with van der Waals surface area (Å²) < 4.78 is 0. The second kappa shape index (κ2) is 6.39. The van der Waals surface area contributed by atoms with Crippen LogP contribution in [0.15, 0.2) is 0 Å². The lowest BCUT2D eigenvalue weighted by Crippen LogP contribution is -2.34. The molecule has 2 nitrogen and oxygen atoms in total. The average molecular weight is 184 g/mol. The molecule has 0 radical (unpaired) electrons.